The highest BCUT2D eigenvalue weighted by Gasteiger charge is 2.30. The Morgan fingerprint density at radius 1 is 0.753 bits per heavy atom. The van der Waals surface area contributed by atoms with Gasteiger partial charge in [0, 0.05) is 105 Å². The zero-order valence-electron chi connectivity index (χ0n) is 39.9. The molecular formula is C53H52F2N12O6. The van der Waals surface area contributed by atoms with E-state index in [1.807, 2.05) is 53.6 Å². The molecule has 4 aliphatic heterocycles. The third-order valence-corrected chi connectivity index (χ3v) is 14.2. The molecule has 4 amide bonds. The molecule has 0 saturated carbocycles. The summed E-state index contributed by atoms with van der Waals surface area (Å²) in [4.78, 5) is 81.7. The molecule has 4 aliphatic rings. The van der Waals surface area contributed by atoms with Gasteiger partial charge in [0.1, 0.15) is 23.5 Å². The molecule has 0 radical (unpaired) electrons. The van der Waals surface area contributed by atoms with Gasteiger partial charge in [0.05, 0.1) is 24.7 Å². The number of carbonyl (C=O) groups excluding carboxylic acids is 5. The number of hydrogen-bond donors (Lipinski definition) is 2. The lowest BCUT2D eigenvalue weighted by molar-refractivity contribution is -0.134. The fourth-order valence-corrected chi connectivity index (χ4v) is 10.1. The van der Waals surface area contributed by atoms with Gasteiger partial charge in [-0.3, -0.25) is 34.4 Å². The Balaban J connectivity index is 0.738. The van der Waals surface area contributed by atoms with Gasteiger partial charge in [-0.2, -0.15) is 5.10 Å². The lowest BCUT2D eigenvalue weighted by Gasteiger charge is -2.38. The fourth-order valence-electron chi connectivity index (χ4n) is 10.1. The summed E-state index contributed by atoms with van der Waals surface area (Å²) in [6.07, 6.45) is 8.26. The van der Waals surface area contributed by atoms with Crippen molar-refractivity contribution in [2.45, 2.75) is 44.1 Å². The Labute approximate surface area is 419 Å². The van der Waals surface area contributed by atoms with Crippen LogP contribution in [0.1, 0.15) is 53.3 Å². The largest absolute Gasteiger partial charge is 0.374 e. The van der Waals surface area contributed by atoms with Gasteiger partial charge >= 0.3 is 5.97 Å². The number of ether oxygens (including phenoxy) is 1. The van der Waals surface area contributed by atoms with E-state index in [1.165, 1.54) is 24.5 Å². The van der Waals surface area contributed by atoms with Gasteiger partial charge in [-0.1, -0.05) is 18.2 Å². The third kappa shape index (κ3) is 11.0. The lowest BCUT2D eigenvalue weighted by atomic mass is 9.89. The van der Waals surface area contributed by atoms with Crippen molar-refractivity contribution in [2.75, 3.05) is 87.1 Å². The quantitative estimate of drug-likeness (QED) is 0.0942. The molecule has 1 unspecified atom stereocenters. The number of fused-ring (bicyclic) bond motifs is 1. The van der Waals surface area contributed by atoms with Crippen LogP contribution in [-0.4, -0.2) is 142 Å². The van der Waals surface area contributed by atoms with E-state index in [2.05, 4.69) is 40.2 Å². The van der Waals surface area contributed by atoms with Crippen molar-refractivity contribution in [1.29, 1.82) is 5.26 Å². The summed E-state index contributed by atoms with van der Waals surface area (Å²) in [6.45, 7) is 6.31. The van der Waals surface area contributed by atoms with Gasteiger partial charge in [0.2, 0.25) is 23.6 Å². The van der Waals surface area contributed by atoms with Crippen molar-refractivity contribution < 1.29 is 37.5 Å². The van der Waals surface area contributed by atoms with E-state index in [0.29, 0.717) is 101 Å². The number of anilines is 3. The molecule has 2 N–H and O–H groups in total. The predicted octanol–water partition coefficient (Wildman–Crippen LogP) is 5.01. The van der Waals surface area contributed by atoms with E-state index in [1.54, 1.807) is 33.8 Å². The van der Waals surface area contributed by atoms with Gasteiger partial charge in [-0.15, -0.1) is 5.26 Å². The predicted molar refractivity (Wildman–Crippen MR) is 265 cm³/mol. The van der Waals surface area contributed by atoms with E-state index in [-0.39, 0.29) is 48.0 Å². The number of piperazine rings is 2. The summed E-state index contributed by atoms with van der Waals surface area (Å²) >= 11 is 0. The molecule has 73 heavy (non-hydrogen) atoms. The van der Waals surface area contributed by atoms with Crippen LogP contribution in [0.15, 0.2) is 97.5 Å². The maximum Gasteiger partial charge on any atom is 0.374 e. The monoisotopic (exact) mass is 990 g/mol. The first kappa shape index (κ1) is 48.3. The van der Waals surface area contributed by atoms with Crippen LogP contribution in [0.2, 0.25) is 0 Å². The lowest BCUT2D eigenvalue weighted by Crippen LogP contribution is -2.51. The number of piperidine rings is 2. The molecule has 6 aromatic rings. The van der Waals surface area contributed by atoms with Crippen LogP contribution in [0.5, 0.6) is 0 Å². The Morgan fingerprint density at radius 3 is 2.15 bits per heavy atom. The Hall–Kier alpha value is -8.31. The Bertz CT molecular complexity index is 3090. The number of benzene rings is 2. The zero-order valence-corrected chi connectivity index (χ0v) is 39.9. The van der Waals surface area contributed by atoms with Gasteiger partial charge in [0.25, 0.3) is 6.26 Å². The first-order valence-corrected chi connectivity index (χ1v) is 24.4. The number of imide groups is 1. The van der Waals surface area contributed by atoms with Gasteiger partial charge in [0.15, 0.2) is 5.69 Å². The molecule has 10 rings (SSSR count). The minimum atomic E-state index is -0.869. The number of likely N-dealkylation sites (tertiary alicyclic amines) is 1. The maximum absolute atomic E-state index is 15.3. The standard InChI is InChI=1S/C53H52F2N12O6/c54-38-4-5-39(57-30-38)27-50(69)65-23-19-64(20-24-65)48-11-3-36(29-58-48)43-25-37(31-67-47(43)28-46(61-67)53(72)73-33-56)34-1-7-41(8-2-34)63-17-21-66(22-18-63)51(70)32-62-15-13-35(14-16-62)42-9-6-40(26-44(42)55)59-45-10-12-49(68)60-52(45)71/h1-9,11,25-26,28-31,35,45,59H,10,12-24,27,32H2,(H,60,68,71). The highest BCUT2D eigenvalue weighted by molar-refractivity contribution is 6.01. The summed E-state index contributed by atoms with van der Waals surface area (Å²) in [5, 5.41) is 18.8. The van der Waals surface area contributed by atoms with E-state index < -0.39 is 23.7 Å². The molecule has 2 aromatic carbocycles. The number of nitrogens with one attached hydrogen (secondary N) is 2. The molecule has 20 heteroatoms. The molecule has 4 saturated heterocycles. The molecule has 0 bridgehead atoms. The number of esters is 1. The molecule has 0 aliphatic carbocycles. The average Bonchev–Trinajstić information content (AvgIpc) is 3.85. The normalized spacial score (nSPS) is 17.8. The van der Waals surface area contributed by atoms with Crippen molar-refractivity contribution in [1.82, 2.24) is 39.6 Å². The van der Waals surface area contributed by atoms with Crippen molar-refractivity contribution in [3.63, 3.8) is 0 Å². The topological polar surface area (TPSA) is 202 Å². The number of pyridine rings is 3. The maximum atomic E-state index is 15.3. The van der Waals surface area contributed by atoms with Crippen LogP contribution in [0.25, 0.3) is 27.8 Å². The van der Waals surface area contributed by atoms with Crippen LogP contribution in [-0.2, 0) is 30.3 Å². The van der Waals surface area contributed by atoms with Gasteiger partial charge in [-0.25, -0.2) is 23.1 Å². The highest BCUT2D eigenvalue weighted by atomic mass is 19.1. The van der Waals surface area contributed by atoms with Crippen LogP contribution in [0.3, 0.4) is 0 Å². The second-order valence-electron chi connectivity index (χ2n) is 18.7. The molecule has 4 aromatic heterocycles. The van der Waals surface area contributed by atoms with Crippen LogP contribution in [0, 0.1) is 23.2 Å². The molecule has 0 spiro atoms. The fraction of sp³-hybridized carbons (Fsp3) is 0.340. The number of carbonyl (C=O) groups is 5. The number of nitriles is 1. The number of amides is 4. The number of aromatic nitrogens is 4. The number of halogens is 2. The van der Waals surface area contributed by atoms with E-state index in [9.17, 15) is 28.4 Å². The summed E-state index contributed by atoms with van der Waals surface area (Å²) in [5.41, 5.74) is 6.48. The SMILES string of the molecule is N#COC(=O)c1cc2c(-c3ccc(N4CCN(C(=O)Cc5ccc(F)cn5)CC4)nc3)cc(-c3ccc(N4CCN(C(=O)CN5CCC(c6ccc(NC7CCC(=O)NC7=O)cc6F)CC5)CC4)cc3)cn2n1. The third-order valence-electron chi connectivity index (χ3n) is 14.2. The first-order valence-electron chi connectivity index (χ1n) is 24.4. The van der Waals surface area contributed by atoms with Crippen molar-refractivity contribution in [3.8, 4) is 28.5 Å². The second kappa shape index (κ2) is 21.2. The molecule has 1 atom stereocenters. The van der Waals surface area contributed by atoms with E-state index >= 15 is 4.39 Å². The molecule has 374 valence electrons. The summed E-state index contributed by atoms with van der Waals surface area (Å²) in [6, 6.07) is 22.8. The van der Waals surface area contributed by atoms with Crippen molar-refractivity contribution in [3.05, 3.63) is 126 Å². The molecular weight excluding hydrogens is 939 g/mol. The number of hydrogen-bond acceptors (Lipinski definition) is 14. The molecule has 18 nitrogen and oxygen atoms in total. The molecule has 4 fully saturated rings. The Kier molecular flexibility index (Phi) is 14.0. The van der Waals surface area contributed by atoms with E-state index in [4.69, 9.17) is 10.2 Å². The van der Waals surface area contributed by atoms with Crippen LogP contribution < -0.4 is 20.4 Å². The Morgan fingerprint density at radius 2 is 1.48 bits per heavy atom. The summed E-state index contributed by atoms with van der Waals surface area (Å²) in [5.74, 6) is -1.59. The van der Waals surface area contributed by atoms with E-state index in [0.717, 1.165) is 52.8 Å². The number of nitrogens with zero attached hydrogens (tertiary/aromatic N) is 10. The smallest absolute Gasteiger partial charge is 0.374 e. The minimum Gasteiger partial charge on any atom is -0.374 e. The zero-order chi connectivity index (χ0) is 50.6. The average molecular weight is 991 g/mol. The van der Waals surface area contributed by atoms with Crippen molar-refractivity contribution >= 4 is 52.3 Å². The number of rotatable bonds is 12. The summed E-state index contributed by atoms with van der Waals surface area (Å²) in [7, 11) is 0. The van der Waals surface area contributed by atoms with Gasteiger partial charge in [-0.05, 0) is 110 Å². The second-order valence-corrected chi connectivity index (χ2v) is 18.7. The highest BCUT2D eigenvalue weighted by Crippen LogP contribution is 2.34. The minimum absolute atomic E-state index is 0.0200. The first-order chi connectivity index (χ1) is 35.4. The summed E-state index contributed by atoms with van der Waals surface area (Å²) < 4.78 is 34.8. The van der Waals surface area contributed by atoms with Crippen molar-refractivity contribution in [2.24, 2.45) is 0 Å². The van der Waals surface area contributed by atoms with Crippen LogP contribution >= 0.6 is 0 Å². The van der Waals surface area contributed by atoms with Gasteiger partial charge < -0.3 is 29.7 Å². The molecule has 8 heterocycles. The van der Waals surface area contributed by atoms with Crippen LogP contribution in [0.4, 0.5) is 26.0 Å².